The molecule has 0 aliphatic rings. The Morgan fingerprint density at radius 2 is 1.65 bits per heavy atom. The van der Waals surface area contributed by atoms with Gasteiger partial charge in [0, 0.05) is 0 Å². The Balaban J connectivity index is 2.54. The summed E-state index contributed by atoms with van der Waals surface area (Å²) < 4.78 is 10.5. The Morgan fingerprint density at radius 1 is 1.05 bits per heavy atom. The summed E-state index contributed by atoms with van der Waals surface area (Å²) in [5.41, 5.74) is 0.893. The number of hydrogen-bond acceptors (Lipinski definition) is 5. The lowest BCUT2D eigenvalue weighted by Gasteiger charge is -2.12. The molecule has 0 aromatic heterocycles. The molecule has 1 unspecified atom stereocenters. The molecule has 5 nitrogen and oxygen atoms in total. The summed E-state index contributed by atoms with van der Waals surface area (Å²) in [6, 6.07) is 9.21. The molecule has 0 radical (unpaired) electrons. The van der Waals surface area contributed by atoms with Crippen molar-refractivity contribution in [1.82, 2.24) is 0 Å². The minimum absolute atomic E-state index is 0.241. The van der Waals surface area contributed by atoms with Gasteiger partial charge in [-0.1, -0.05) is 17.3 Å². The number of aliphatic hydroxyl groups excluding tert-OH is 1. The minimum atomic E-state index is -0.933. The highest BCUT2D eigenvalue weighted by molar-refractivity contribution is 5.90. The maximum atomic E-state index is 10.0. The Labute approximate surface area is 117 Å². The van der Waals surface area contributed by atoms with Gasteiger partial charge in [0.1, 0.15) is 6.10 Å². The van der Waals surface area contributed by atoms with E-state index in [0.717, 1.165) is 10.8 Å². The Kier molecular flexibility index (Phi) is 4.10. The van der Waals surface area contributed by atoms with Crippen LogP contribution in [-0.2, 0) is 0 Å². The molecule has 0 saturated carbocycles. The summed E-state index contributed by atoms with van der Waals surface area (Å²) in [7, 11) is 3.16. The molecule has 2 aromatic rings. The van der Waals surface area contributed by atoms with Crippen molar-refractivity contribution in [3.05, 3.63) is 35.9 Å². The van der Waals surface area contributed by atoms with Gasteiger partial charge in [0.15, 0.2) is 11.5 Å². The van der Waals surface area contributed by atoms with E-state index in [9.17, 15) is 5.11 Å². The molecule has 0 bridgehead atoms. The summed E-state index contributed by atoms with van der Waals surface area (Å²) in [6.07, 6.45) is -0.933. The maximum absolute atomic E-state index is 10.0. The van der Waals surface area contributed by atoms with E-state index in [2.05, 4.69) is 5.16 Å². The molecule has 106 valence electrons. The van der Waals surface area contributed by atoms with Crippen LogP contribution in [0.25, 0.3) is 10.8 Å². The van der Waals surface area contributed by atoms with Gasteiger partial charge in [-0.2, -0.15) is 0 Å². The van der Waals surface area contributed by atoms with Crippen molar-refractivity contribution in [2.75, 3.05) is 14.2 Å². The molecule has 2 rings (SSSR count). The third-order valence-electron chi connectivity index (χ3n) is 3.24. The summed E-state index contributed by atoms with van der Waals surface area (Å²) >= 11 is 0. The molecule has 0 amide bonds. The number of benzene rings is 2. The molecule has 0 aliphatic heterocycles. The highest BCUT2D eigenvalue weighted by Gasteiger charge is 2.13. The van der Waals surface area contributed by atoms with Crippen molar-refractivity contribution in [1.29, 1.82) is 0 Å². The van der Waals surface area contributed by atoms with Gasteiger partial charge in [-0.25, -0.2) is 0 Å². The van der Waals surface area contributed by atoms with Crippen molar-refractivity contribution in [2.24, 2.45) is 5.16 Å². The number of hydrogen-bond donors (Lipinski definition) is 2. The smallest absolute Gasteiger partial charge is 0.161 e. The normalized spacial score (nSPS) is 13.3. The van der Waals surface area contributed by atoms with Gasteiger partial charge in [0.2, 0.25) is 0 Å². The van der Waals surface area contributed by atoms with E-state index in [1.165, 1.54) is 0 Å². The van der Waals surface area contributed by atoms with Crippen LogP contribution in [0.5, 0.6) is 11.5 Å². The van der Waals surface area contributed by atoms with Gasteiger partial charge in [-0.05, 0) is 41.5 Å². The van der Waals surface area contributed by atoms with Gasteiger partial charge in [0.05, 0.1) is 19.9 Å². The molecule has 0 spiro atoms. The second-order valence-corrected chi connectivity index (χ2v) is 4.46. The van der Waals surface area contributed by atoms with Crippen LogP contribution in [0.1, 0.15) is 18.6 Å². The van der Waals surface area contributed by atoms with Gasteiger partial charge in [0.25, 0.3) is 0 Å². The molecular weight excluding hydrogens is 258 g/mol. The third kappa shape index (κ3) is 2.53. The molecule has 20 heavy (non-hydrogen) atoms. The fourth-order valence-electron chi connectivity index (χ4n) is 2.06. The lowest BCUT2D eigenvalue weighted by molar-refractivity contribution is 0.234. The van der Waals surface area contributed by atoms with Crippen LogP contribution < -0.4 is 9.47 Å². The van der Waals surface area contributed by atoms with Crippen LogP contribution >= 0.6 is 0 Å². The Bertz CT molecular complexity index is 652. The highest BCUT2D eigenvalue weighted by Crippen LogP contribution is 2.33. The predicted octanol–water partition coefficient (Wildman–Crippen LogP) is 2.74. The zero-order valence-corrected chi connectivity index (χ0v) is 11.6. The van der Waals surface area contributed by atoms with E-state index in [4.69, 9.17) is 14.7 Å². The van der Waals surface area contributed by atoms with Crippen LogP contribution in [-0.4, -0.2) is 30.2 Å². The number of methoxy groups -OCH3 is 2. The number of fused-ring (bicyclic) bond motifs is 1. The van der Waals surface area contributed by atoms with Crippen molar-refractivity contribution >= 4 is 16.5 Å². The van der Waals surface area contributed by atoms with Gasteiger partial charge < -0.3 is 19.8 Å². The van der Waals surface area contributed by atoms with Crippen LogP contribution in [0.4, 0.5) is 0 Å². The van der Waals surface area contributed by atoms with Gasteiger partial charge >= 0.3 is 0 Å². The van der Waals surface area contributed by atoms with Crippen LogP contribution in [0.3, 0.4) is 0 Å². The minimum Gasteiger partial charge on any atom is -0.493 e. The number of ether oxygens (including phenoxy) is 2. The number of oxime groups is 1. The summed E-state index contributed by atoms with van der Waals surface area (Å²) in [5, 5.41) is 23.7. The molecule has 2 aromatic carbocycles. The van der Waals surface area contributed by atoms with E-state index in [1.54, 1.807) is 27.2 Å². The average Bonchev–Trinajstić information content (AvgIpc) is 2.51. The van der Waals surface area contributed by atoms with E-state index >= 15 is 0 Å². The first-order chi connectivity index (χ1) is 9.60. The van der Waals surface area contributed by atoms with Crippen molar-refractivity contribution in [3.63, 3.8) is 0 Å². The fourth-order valence-corrected chi connectivity index (χ4v) is 2.06. The average molecular weight is 275 g/mol. The number of aliphatic hydroxyl groups is 1. The second kappa shape index (κ2) is 5.79. The Morgan fingerprint density at radius 3 is 2.20 bits per heavy atom. The monoisotopic (exact) mass is 275 g/mol. The molecule has 5 heteroatoms. The Hall–Kier alpha value is -2.27. The first kappa shape index (κ1) is 14.1. The zero-order chi connectivity index (χ0) is 14.7. The molecule has 0 aliphatic carbocycles. The molecule has 0 fully saturated rings. The van der Waals surface area contributed by atoms with Gasteiger partial charge in [-0.15, -0.1) is 0 Å². The topological polar surface area (TPSA) is 71.3 Å². The first-order valence-corrected chi connectivity index (χ1v) is 6.13. The third-order valence-corrected chi connectivity index (χ3v) is 3.24. The molecule has 0 saturated heterocycles. The molecule has 0 heterocycles. The molecule has 2 N–H and O–H groups in total. The standard InChI is InChI=1S/C15H17NO4/c1-9(16-18)15(17)11-5-4-10-7-13(19-2)14(20-3)8-12(10)6-11/h4-8,15,17-18H,1-3H3. The quantitative estimate of drug-likeness (QED) is 0.511. The number of nitrogens with zero attached hydrogens (tertiary/aromatic N) is 1. The van der Waals surface area contributed by atoms with Crippen LogP contribution in [0, 0.1) is 0 Å². The van der Waals surface area contributed by atoms with E-state index < -0.39 is 6.10 Å². The predicted molar refractivity (Wildman–Crippen MR) is 76.9 cm³/mol. The van der Waals surface area contributed by atoms with Crippen LogP contribution in [0.2, 0.25) is 0 Å². The first-order valence-electron chi connectivity index (χ1n) is 6.13. The molecular formula is C15H17NO4. The summed E-state index contributed by atoms with van der Waals surface area (Å²) in [4.78, 5) is 0. The summed E-state index contributed by atoms with van der Waals surface area (Å²) in [5.74, 6) is 1.28. The van der Waals surface area contributed by atoms with Crippen molar-refractivity contribution in [3.8, 4) is 11.5 Å². The van der Waals surface area contributed by atoms with E-state index in [1.807, 2.05) is 24.3 Å². The van der Waals surface area contributed by atoms with E-state index in [0.29, 0.717) is 17.1 Å². The summed E-state index contributed by atoms with van der Waals surface area (Å²) in [6.45, 7) is 1.56. The second-order valence-electron chi connectivity index (χ2n) is 4.46. The van der Waals surface area contributed by atoms with E-state index in [-0.39, 0.29) is 5.71 Å². The zero-order valence-electron chi connectivity index (χ0n) is 11.6. The SMILES string of the molecule is COc1cc2ccc(C(O)C(C)=NO)cc2cc1OC. The largest absolute Gasteiger partial charge is 0.493 e. The van der Waals surface area contributed by atoms with Crippen molar-refractivity contribution < 1.29 is 19.8 Å². The lowest BCUT2D eigenvalue weighted by atomic mass is 10.0. The lowest BCUT2D eigenvalue weighted by Crippen LogP contribution is -2.08. The molecule has 1 atom stereocenters. The van der Waals surface area contributed by atoms with Gasteiger partial charge in [-0.3, -0.25) is 0 Å². The maximum Gasteiger partial charge on any atom is 0.161 e. The van der Waals surface area contributed by atoms with Crippen molar-refractivity contribution in [2.45, 2.75) is 13.0 Å². The van der Waals surface area contributed by atoms with Crippen LogP contribution in [0.15, 0.2) is 35.5 Å². The fraction of sp³-hybridized carbons (Fsp3) is 0.267. The number of rotatable bonds is 4. The highest BCUT2D eigenvalue weighted by atomic mass is 16.5.